The third-order valence-electron chi connectivity index (χ3n) is 1.99. The SMILES string of the molecule is O=C(O)C=Cc1ccccc1C(=O)CCCl. The van der Waals surface area contributed by atoms with Gasteiger partial charge in [-0.3, -0.25) is 4.79 Å². The molecule has 0 aliphatic carbocycles. The molecule has 0 spiro atoms. The van der Waals surface area contributed by atoms with Crippen molar-refractivity contribution in [2.45, 2.75) is 6.42 Å². The van der Waals surface area contributed by atoms with Crippen molar-refractivity contribution in [2.24, 2.45) is 0 Å². The molecular weight excluding hydrogens is 228 g/mol. The first-order chi connectivity index (χ1) is 7.65. The van der Waals surface area contributed by atoms with E-state index < -0.39 is 5.97 Å². The van der Waals surface area contributed by atoms with E-state index in [1.54, 1.807) is 24.3 Å². The number of carbonyl (C=O) groups excluding carboxylic acids is 1. The van der Waals surface area contributed by atoms with Gasteiger partial charge in [-0.1, -0.05) is 24.3 Å². The summed E-state index contributed by atoms with van der Waals surface area (Å²) in [6.07, 6.45) is 2.66. The molecule has 1 rings (SSSR count). The average molecular weight is 239 g/mol. The first kappa shape index (κ1) is 12.5. The van der Waals surface area contributed by atoms with Crippen LogP contribution in [-0.4, -0.2) is 22.7 Å². The molecule has 0 saturated heterocycles. The maximum atomic E-state index is 11.6. The van der Waals surface area contributed by atoms with E-state index in [0.29, 0.717) is 11.1 Å². The number of Topliss-reactive ketones (excluding diaryl/α,β-unsaturated/α-hetero) is 1. The van der Waals surface area contributed by atoms with Crippen LogP contribution in [0.15, 0.2) is 30.3 Å². The topological polar surface area (TPSA) is 54.4 Å². The summed E-state index contributed by atoms with van der Waals surface area (Å²) in [4.78, 5) is 22.0. The van der Waals surface area contributed by atoms with E-state index in [2.05, 4.69) is 0 Å². The predicted molar refractivity (Wildman–Crippen MR) is 62.8 cm³/mol. The van der Waals surface area contributed by atoms with E-state index in [9.17, 15) is 9.59 Å². The van der Waals surface area contributed by atoms with E-state index in [4.69, 9.17) is 16.7 Å². The lowest BCUT2D eigenvalue weighted by Gasteiger charge is -2.03. The molecule has 0 fully saturated rings. The van der Waals surface area contributed by atoms with Crippen LogP contribution in [0.25, 0.3) is 6.08 Å². The van der Waals surface area contributed by atoms with Gasteiger partial charge in [-0.2, -0.15) is 0 Å². The number of aliphatic carboxylic acids is 1. The van der Waals surface area contributed by atoms with Gasteiger partial charge in [0.2, 0.25) is 0 Å². The summed E-state index contributed by atoms with van der Waals surface area (Å²) in [6, 6.07) is 6.84. The number of carboxylic acids is 1. The quantitative estimate of drug-likeness (QED) is 0.487. The lowest BCUT2D eigenvalue weighted by atomic mass is 10.0. The summed E-state index contributed by atoms with van der Waals surface area (Å²) in [5.41, 5.74) is 1.10. The van der Waals surface area contributed by atoms with Gasteiger partial charge in [0.25, 0.3) is 0 Å². The van der Waals surface area contributed by atoms with Crippen molar-refractivity contribution >= 4 is 29.4 Å². The molecule has 1 aromatic rings. The second-order valence-corrected chi connectivity index (χ2v) is 3.50. The minimum absolute atomic E-state index is 0.0827. The van der Waals surface area contributed by atoms with E-state index in [1.165, 1.54) is 6.08 Å². The summed E-state index contributed by atoms with van der Waals surface area (Å²) in [6.45, 7) is 0. The highest BCUT2D eigenvalue weighted by Gasteiger charge is 2.08. The Hall–Kier alpha value is -1.61. The van der Waals surface area contributed by atoms with E-state index in [-0.39, 0.29) is 18.1 Å². The second kappa shape index (κ2) is 6.08. The van der Waals surface area contributed by atoms with Crippen LogP contribution in [0, 0.1) is 0 Å². The second-order valence-electron chi connectivity index (χ2n) is 3.12. The van der Waals surface area contributed by atoms with Crippen LogP contribution in [0.4, 0.5) is 0 Å². The molecule has 0 aromatic heterocycles. The molecule has 0 heterocycles. The normalized spacial score (nSPS) is 10.6. The van der Waals surface area contributed by atoms with Crippen LogP contribution in [-0.2, 0) is 4.79 Å². The molecule has 84 valence electrons. The minimum atomic E-state index is -1.04. The van der Waals surface area contributed by atoms with Crippen LogP contribution in [0.3, 0.4) is 0 Å². The highest BCUT2D eigenvalue weighted by atomic mass is 35.5. The summed E-state index contributed by atoms with van der Waals surface area (Å²) >= 11 is 5.49. The molecular formula is C12H11ClO3. The Balaban J connectivity index is 3.00. The van der Waals surface area contributed by atoms with Crippen molar-refractivity contribution in [1.82, 2.24) is 0 Å². The third-order valence-corrected chi connectivity index (χ3v) is 2.18. The molecule has 1 aromatic carbocycles. The monoisotopic (exact) mass is 238 g/mol. The Labute approximate surface area is 98.4 Å². The van der Waals surface area contributed by atoms with Gasteiger partial charge >= 0.3 is 5.97 Å². The molecule has 0 unspecified atom stereocenters. The third kappa shape index (κ3) is 3.51. The fourth-order valence-corrected chi connectivity index (χ4v) is 1.45. The largest absolute Gasteiger partial charge is 0.478 e. The summed E-state index contributed by atoms with van der Waals surface area (Å²) in [5.74, 6) is -0.865. The summed E-state index contributed by atoms with van der Waals surface area (Å²) < 4.78 is 0. The molecule has 0 atom stereocenters. The molecule has 0 saturated carbocycles. The Morgan fingerprint density at radius 1 is 1.31 bits per heavy atom. The number of ketones is 1. The number of rotatable bonds is 5. The Kier molecular flexibility index (Phi) is 4.73. The number of hydrogen-bond donors (Lipinski definition) is 1. The fraction of sp³-hybridized carbons (Fsp3) is 0.167. The van der Waals surface area contributed by atoms with Crippen molar-refractivity contribution in [3.05, 3.63) is 41.5 Å². The molecule has 0 aliphatic rings. The Morgan fingerprint density at radius 3 is 2.62 bits per heavy atom. The zero-order valence-corrected chi connectivity index (χ0v) is 9.28. The van der Waals surface area contributed by atoms with Crippen molar-refractivity contribution in [1.29, 1.82) is 0 Å². The van der Waals surface area contributed by atoms with Crippen molar-refractivity contribution in [3.63, 3.8) is 0 Å². The van der Waals surface area contributed by atoms with Crippen LogP contribution in [0.2, 0.25) is 0 Å². The predicted octanol–water partition coefficient (Wildman–Crippen LogP) is 2.60. The lowest BCUT2D eigenvalue weighted by molar-refractivity contribution is -0.131. The Morgan fingerprint density at radius 2 is 2.00 bits per heavy atom. The number of halogens is 1. The molecule has 16 heavy (non-hydrogen) atoms. The van der Waals surface area contributed by atoms with Gasteiger partial charge in [0.05, 0.1) is 0 Å². The average Bonchev–Trinajstić information content (AvgIpc) is 2.27. The number of carbonyl (C=O) groups is 2. The van der Waals surface area contributed by atoms with Crippen LogP contribution >= 0.6 is 11.6 Å². The van der Waals surface area contributed by atoms with Crippen LogP contribution < -0.4 is 0 Å². The van der Waals surface area contributed by atoms with Gasteiger partial charge in [0, 0.05) is 23.9 Å². The molecule has 0 radical (unpaired) electrons. The van der Waals surface area contributed by atoms with E-state index in [1.807, 2.05) is 0 Å². The Bertz CT molecular complexity index is 424. The zero-order valence-electron chi connectivity index (χ0n) is 8.52. The highest BCUT2D eigenvalue weighted by molar-refractivity contribution is 6.19. The van der Waals surface area contributed by atoms with Crippen molar-refractivity contribution in [2.75, 3.05) is 5.88 Å². The molecule has 0 amide bonds. The van der Waals surface area contributed by atoms with E-state index >= 15 is 0 Å². The van der Waals surface area contributed by atoms with Crippen LogP contribution in [0.1, 0.15) is 22.3 Å². The van der Waals surface area contributed by atoms with Gasteiger partial charge in [-0.05, 0) is 11.6 Å². The number of alkyl halides is 1. The maximum absolute atomic E-state index is 11.6. The van der Waals surface area contributed by atoms with Crippen molar-refractivity contribution < 1.29 is 14.7 Å². The van der Waals surface area contributed by atoms with Gasteiger partial charge in [-0.25, -0.2) is 4.79 Å². The fourth-order valence-electron chi connectivity index (χ4n) is 1.28. The minimum Gasteiger partial charge on any atom is -0.478 e. The van der Waals surface area contributed by atoms with Gasteiger partial charge in [0.15, 0.2) is 5.78 Å². The molecule has 4 heteroatoms. The molecule has 1 N–H and O–H groups in total. The number of benzene rings is 1. The maximum Gasteiger partial charge on any atom is 0.328 e. The van der Waals surface area contributed by atoms with Crippen molar-refractivity contribution in [3.8, 4) is 0 Å². The lowest BCUT2D eigenvalue weighted by Crippen LogP contribution is -2.02. The summed E-state index contributed by atoms with van der Waals surface area (Å²) in [5, 5.41) is 8.51. The van der Waals surface area contributed by atoms with Gasteiger partial charge in [0.1, 0.15) is 0 Å². The molecule has 0 bridgehead atoms. The first-order valence-corrected chi connectivity index (χ1v) is 5.28. The zero-order chi connectivity index (χ0) is 12.0. The smallest absolute Gasteiger partial charge is 0.328 e. The van der Waals surface area contributed by atoms with Gasteiger partial charge < -0.3 is 5.11 Å². The number of hydrogen-bond acceptors (Lipinski definition) is 2. The number of carboxylic acid groups (broad SMARTS) is 1. The molecule has 3 nitrogen and oxygen atoms in total. The standard InChI is InChI=1S/C12H11ClO3/c13-8-7-11(14)10-4-2-1-3-9(10)5-6-12(15)16/h1-6H,7-8H2,(H,15,16). The molecule has 0 aliphatic heterocycles. The van der Waals surface area contributed by atoms with Crippen LogP contribution in [0.5, 0.6) is 0 Å². The first-order valence-electron chi connectivity index (χ1n) is 4.74. The van der Waals surface area contributed by atoms with E-state index in [0.717, 1.165) is 6.08 Å². The summed E-state index contributed by atoms with van der Waals surface area (Å²) in [7, 11) is 0. The highest BCUT2D eigenvalue weighted by Crippen LogP contribution is 2.13. The van der Waals surface area contributed by atoms with Gasteiger partial charge in [-0.15, -0.1) is 11.6 Å².